The number of aldehydes is 1. The molecule has 1 aromatic carbocycles. The Kier molecular flexibility index (Phi) is 3.97. The Morgan fingerprint density at radius 2 is 2.25 bits per heavy atom. The van der Waals surface area contributed by atoms with E-state index >= 15 is 0 Å². The van der Waals surface area contributed by atoms with Gasteiger partial charge in [0.05, 0.1) is 4.92 Å². The highest BCUT2D eigenvalue weighted by atomic mass is 16.6. The molecule has 1 fully saturated rings. The molecule has 0 bridgehead atoms. The number of hydrogen-bond donors (Lipinski definition) is 1. The van der Waals surface area contributed by atoms with Crippen molar-refractivity contribution in [1.82, 2.24) is 5.32 Å². The van der Waals surface area contributed by atoms with Crippen LogP contribution in [0, 0.1) is 10.1 Å². The third-order valence-electron chi connectivity index (χ3n) is 2.91. The van der Waals surface area contributed by atoms with E-state index in [1.54, 1.807) is 0 Å². The second kappa shape index (κ2) is 5.68. The van der Waals surface area contributed by atoms with Gasteiger partial charge in [-0.15, -0.1) is 0 Å². The summed E-state index contributed by atoms with van der Waals surface area (Å²) in [6.45, 7) is 1.52. The summed E-state index contributed by atoms with van der Waals surface area (Å²) in [6.07, 6.45) is 1.58. The van der Waals surface area contributed by atoms with E-state index in [0.29, 0.717) is 6.29 Å². The number of rotatable bonds is 6. The SMILES string of the molecule is CC(Oc1ccc(C=O)cc1[N+](=O)[O-])C(=O)NC1CC1. The molecule has 7 nitrogen and oxygen atoms in total. The van der Waals surface area contributed by atoms with Gasteiger partial charge in [0.2, 0.25) is 0 Å². The molecule has 106 valence electrons. The molecule has 1 aliphatic rings. The number of carbonyl (C=O) groups is 2. The molecule has 1 saturated carbocycles. The van der Waals surface area contributed by atoms with Crippen LogP contribution in [-0.4, -0.2) is 29.3 Å². The molecule has 2 rings (SSSR count). The fourth-order valence-electron chi connectivity index (χ4n) is 1.64. The van der Waals surface area contributed by atoms with Crippen LogP contribution in [0.25, 0.3) is 0 Å². The molecule has 20 heavy (non-hydrogen) atoms. The predicted octanol–water partition coefficient (Wildman–Crippen LogP) is 1.45. The number of nitrogens with one attached hydrogen (secondary N) is 1. The number of nitro groups is 1. The highest BCUT2D eigenvalue weighted by Crippen LogP contribution is 2.28. The molecule has 0 radical (unpaired) electrons. The normalized spacial score (nSPS) is 15.2. The van der Waals surface area contributed by atoms with Crippen molar-refractivity contribution in [2.45, 2.75) is 31.9 Å². The van der Waals surface area contributed by atoms with Crippen molar-refractivity contribution in [2.24, 2.45) is 0 Å². The molecule has 0 aliphatic heterocycles. The highest BCUT2D eigenvalue weighted by molar-refractivity contribution is 5.81. The Bertz CT molecular complexity index is 554. The molecule has 1 N–H and O–H groups in total. The summed E-state index contributed by atoms with van der Waals surface area (Å²) < 4.78 is 5.33. The van der Waals surface area contributed by atoms with Crippen molar-refractivity contribution in [1.29, 1.82) is 0 Å². The molecule has 1 aliphatic carbocycles. The van der Waals surface area contributed by atoms with Gasteiger partial charge in [0.25, 0.3) is 5.91 Å². The number of benzene rings is 1. The van der Waals surface area contributed by atoms with Gasteiger partial charge in [0.1, 0.15) is 6.29 Å². The lowest BCUT2D eigenvalue weighted by molar-refractivity contribution is -0.386. The van der Waals surface area contributed by atoms with E-state index in [0.717, 1.165) is 18.9 Å². The predicted molar refractivity (Wildman–Crippen MR) is 69.7 cm³/mol. The first kappa shape index (κ1) is 14.0. The molecule has 0 saturated heterocycles. The first-order chi connectivity index (χ1) is 9.51. The molecular weight excluding hydrogens is 264 g/mol. The second-order valence-electron chi connectivity index (χ2n) is 4.65. The number of nitrogens with zero attached hydrogens (tertiary/aromatic N) is 1. The minimum absolute atomic E-state index is 0.0287. The number of nitro benzene ring substituents is 1. The van der Waals surface area contributed by atoms with Crippen LogP contribution in [0.5, 0.6) is 5.75 Å². The van der Waals surface area contributed by atoms with Gasteiger partial charge in [-0.3, -0.25) is 19.7 Å². The quantitative estimate of drug-likeness (QED) is 0.482. The van der Waals surface area contributed by atoms with Gasteiger partial charge in [-0.2, -0.15) is 0 Å². The summed E-state index contributed by atoms with van der Waals surface area (Å²) in [5.74, 6) is -0.333. The minimum Gasteiger partial charge on any atom is -0.474 e. The maximum absolute atomic E-state index is 11.7. The van der Waals surface area contributed by atoms with E-state index in [-0.39, 0.29) is 28.9 Å². The Morgan fingerprint density at radius 3 is 2.80 bits per heavy atom. The van der Waals surface area contributed by atoms with Crippen LogP contribution in [0.15, 0.2) is 18.2 Å². The summed E-state index contributed by atoms with van der Waals surface area (Å²) in [5.41, 5.74) is -0.153. The maximum Gasteiger partial charge on any atom is 0.311 e. The summed E-state index contributed by atoms with van der Waals surface area (Å²) >= 11 is 0. The smallest absolute Gasteiger partial charge is 0.311 e. The van der Waals surface area contributed by atoms with Gasteiger partial charge in [0, 0.05) is 17.7 Å². The monoisotopic (exact) mass is 278 g/mol. The standard InChI is InChI=1S/C13H14N2O5/c1-8(13(17)14-10-3-4-10)20-12-5-2-9(7-16)6-11(12)15(18)19/h2,5-8,10H,3-4H2,1H3,(H,14,17). The molecule has 0 spiro atoms. The van der Waals surface area contributed by atoms with Crippen molar-refractivity contribution < 1.29 is 19.2 Å². The van der Waals surface area contributed by atoms with Crippen molar-refractivity contribution >= 4 is 17.9 Å². The van der Waals surface area contributed by atoms with Crippen molar-refractivity contribution in [2.75, 3.05) is 0 Å². The number of ether oxygens (including phenoxy) is 1. The molecule has 1 unspecified atom stereocenters. The van der Waals surface area contributed by atoms with Gasteiger partial charge in [0.15, 0.2) is 11.9 Å². The van der Waals surface area contributed by atoms with Gasteiger partial charge in [-0.05, 0) is 31.9 Å². The Hall–Kier alpha value is -2.44. The fourth-order valence-corrected chi connectivity index (χ4v) is 1.64. The van der Waals surface area contributed by atoms with Crippen LogP contribution in [0.1, 0.15) is 30.1 Å². The number of amides is 1. The van der Waals surface area contributed by atoms with E-state index in [2.05, 4.69) is 5.32 Å². The maximum atomic E-state index is 11.7. The highest BCUT2D eigenvalue weighted by Gasteiger charge is 2.27. The summed E-state index contributed by atoms with van der Waals surface area (Å²) in [5, 5.41) is 13.7. The van der Waals surface area contributed by atoms with Crippen LogP contribution in [-0.2, 0) is 4.79 Å². The first-order valence-corrected chi connectivity index (χ1v) is 6.22. The number of carbonyl (C=O) groups excluding carboxylic acids is 2. The fraction of sp³-hybridized carbons (Fsp3) is 0.385. The third-order valence-corrected chi connectivity index (χ3v) is 2.91. The first-order valence-electron chi connectivity index (χ1n) is 6.22. The summed E-state index contributed by atoms with van der Waals surface area (Å²) in [6, 6.07) is 4.04. The molecule has 1 atom stereocenters. The Morgan fingerprint density at radius 1 is 1.55 bits per heavy atom. The molecule has 1 aromatic rings. The second-order valence-corrected chi connectivity index (χ2v) is 4.65. The lowest BCUT2D eigenvalue weighted by atomic mass is 10.2. The molecule has 7 heteroatoms. The van der Waals surface area contributed by atoms with Crippen molar-refractivity contribution in [3.8, 4) is 5.75 Å². The van der Waals surface area contributed by atoms with E-state index in [4.69, 9.17) is 4.74 Å². The molecule has 1 amide bonds. The molecular formula is C13H14N2O5. The lowest BCUT2D eigenvalue weighted by Gasteiger charge is -2.14. The topological polar surface area (TPSA) is 98.5 Å². The molecule has 0 heterocycles. The summed E-state index contributed by atoms with van der Waals surface area (Å²) in [7, 11) is 0. The summed E-state index contributed by atoms with van der Waals surface area (Å²) in [4.78, 5) is 32.7. The van der Waals surface area contributed by atoms with E-state index < -0.39 is 11.0 Å². The van der Waals surface area contributed by atoms with E-state index in [9.17, 15) is 19.7 Å². The van der Waals surface area contributed by atoms with Gasteiger partial charge in [-0.25, -0.2) is 0 Å². The van der Waals surface area contributed by atoms with Crippen LogP contribution < -0.4 is 10.1 Å². The van der Waals surface area contributed by atoms with Crippen molar-refractivity contribution in [3.63, 3.8) is 0 Å². The van der Waals surface area contributed by atoms with Crippen molar-refractivity contribution in [3.05, 3.63) is 33.9 Å². The van der Waals surface area contributed by atoms with Gasteiger partial charge in [-0.1, -0.05) is 0 Å². The van der Waals surface area contributed by atoms with Gasteiger partial charge < -0.3 is 10.1 Å². The zero-order chi connectivity index (χ0) is 14.7. The largest absolute Gasteiger partial charge is 0.474 e. The van der Waals surface area contributed by atoms with Crippen LogP contribution >= 0.6 is 0 Å². The van der Waals surface area contributed by atoms with Gasteiger partial charge >= 0.3 is 5.69 Å². The van der Waals surface area contributed by atoms with E-state index in [1.165, 1.54) is 19.1 Å². The van der Waals surface area contributed by atoms with E-state index in [1.807, 2.05) is 0 Å². The zero-order valence-electron chi connectivity index (χ0n) is 10.9. The van der Waals surface area contributed by atoms with Crippen LogP contribution in [0.2, 0.25) is 0 Å². The minimum atomic E-state index is -0.837. The zero-order valence-corrected chi connectivity index (χ0v) is 10.9. The Balaban J connectivity index is 2.12. The lowest BCUT2D eigenvalue weighted by Crippen LogP contribution is -2.37. The van der Waals surface area contributed by atoms with Crippen LogP contribution in [0.4, 0.5) is 5.69 Å². The molecule has 0 aromatic heterocycles. The Labute approximate surface area is 115 Å². The van der Waals surface area contributed by atoms with Crippen LogP contribution in [0.3, 0.4) is 0 Å². The number of hydrogen-bond acceptors (Lipinski definition) is 5. The third kappa shape index (κ3) is 3.31. The average molecular weight is 278 g/mol. The average Bonchev–Trinajstić information content (AvgIpc) is 3.22.